The highest BCUT2D eigenvalue weighted by Crippen LogP contribution is 2.28. The van der Waals surface area contributed by atoms with E-state index in [1.165, 1.54) is 25.7 Å². The number of ether oxygens (including phenoxy) is 1. The first-order valence-electron chi connectivity index (χ1n) is 7.27. The van der Waals surface area contributed by atoms with Gasteiger partial charge in [-0.15, -0.1) is 0 Å². The molecule has 1 aliphatic heterocycles. The molecule has 0 aromatic rings. The molecule has 6 heteroatoms. The van der Waals surface area contributed by atoms with Crippen molar-refractivity contribution in [2.24, 2.45) is 5.92 Å². The lowest BCUT2D eigenvalue weighted by atomic mass is 10.1. The van der Waals surface area contributed by atoms with Crippen LogP contribution in [0.2, 0.25) is 0 Å². The summed E-state index contributed by atoms with van der Waals surface area (Å²) in [6, 6.07) is 0.0148. The van der Waals surface area contributed by atoms with Crippen molar-refractivity contribution in [2.75, 3.05) is 33.9 Å². The fourth-order valence-corrected chi connectivity index (χ4v) is 4.96. The zero-order chi connectivity index (χ0) is 13.9. The van der Waals surface area contributed by atoms with Crippen molar-refractivity contribution >= 4 is 10.2 Å². The van der Waals surface area contributed by atoms with Gasteiger partial charge in [-0.3, -0.25) is 0 Å². The van der Waals surface area contributed by atoms with Crippen molar-refractivity contribution in [1.29, 1.82) is 0 Å². The van der Waals surface area contributed by atoms with Crippen molar-refractivity contribution in [3.63, 3.8) is 0 Å². The second-order valence-electron chi connectivity index (χ2n) is 5.80. The normalized spacial score (nSPS) is 26.6. The van der Waals surface area contributed by atoms with Gasteiger partial charge in [-0.25, -0.2) is 0 Å². The molecule has 0 spiro atoms. The molecule has 1 saturated heterocycles. The molecule has 0 aromatic carbocycles. The van der Waals surface area contributed by atoms with Crippen molar-refractivity contribution < 1.29 is 13.2 Å². The Kier molecular flexibility index (Phi) is 5.22. The molecule has 0 amide bonds. The number of methoxy groups -OCH3 is 1. The molecule has 0 aromatic heterocycles. The van der Waals surface area contributed by atoms with E-state index in [-0.39, 0.29) is 6.04 Å². The molecular weight excluding hydrogens is 264 g/mol. The van der Waals surface area contributed by atoms with E-state index in [1.54, 1.807) is 22.8 Å². The Balaban J connectivity index is 1.99. The molecule has 0 N–H and O–H groups in total. The van der Waals surface area contributed by atoms with Gasteiger partial charge in [-0.1, -0.05) is 12.8 Å². The largest absolute Gasteiger partial charge is 0.383 e. The van der Waals surface area contributed by atoms with E-state index in [9.17, 15) is 8.42 Å². The third kappa shape index (κ3) is 3.48. The van der Waals surface area contributed by atoms with Gasteiger partial charge in [0.1, 0.15) is 0 Å². The highest BCUT2D eigenvalue weighted by atomic mass is 32.2. The first-order chi connectivity index (χ1) is 9.05. The highest BCUT2D eigenvalue weighted by Gasteiger charge is 2.37. The minimum absolute atomic E-state index is 0.0148. The molecule has 112 valence electrons. The van der Waals surface area contributed by atoms with Crippen LogP contribution in [-0.4, -0.2) is 56.9 Å². The van der Waals surface area contributed by atoms with Gasteiger partial charge in [-0.2, -0.15) is 17.0 Å². The third-order valence-corrected chi connectivity index (χ3v) is 6.37. The Morgan fingerprint density at radius 2 is 1.89 bits per heavy atom. The predicted octanol–water partition coefficient (Wildman–Crippen LogP) is 1.46. The summed E-state index contributed by atoms with van der Waals surface area (Å²) < 4.78 is 33.5. The summed E-state index contributed by atoms with van der Waals surface area (Å²) >= 11 is 0. The molecule has 1 atom stereocenters. The van der Waals surface area contributed by atoms with Crippen LogP contribution >= 0.6 is 0 Å². The lowest BCUT2D eigenvalue weighted by Gasteiger charge is -2.29. The van der Waals surface area contributed by atoms with Crippen LogP contribution in [0.4, 0.5) is 0 Å². The molecule has 19 heavy (non-hydrogen) atoms. The minimum Gasteiger partial charge on any atom is -0.383 e. The van der Waals surface area contributed by atoms with Crippen molar-refractivity contribution in [2.45, 2.75) is 44.6 Å². The number of nitrogens with zero attached hydrogens (tertiary/aromatic N) is 2. The van der Waals surface area contributed by atoms with Gasteiger partial charge in [0.2, 0.25) is 0 Å². The number of hydrogen-bond donors (Lipinski definition) is 0. The van der Waals surface area contributed by atoms with Crippen LogP contribution in [0.1, 0.15) is 38.5 Å². The summed E-state index contributed by atoms with van der Waals surface area (Å²) in [6.45, 7) is 1.79. The molecule has 0 bridgehead atoms. The maximum atomic E-state index is 12.6. The topological polar surface area (TPSA) is 49.9 Å². The molecule has 5 nitrogen and oxygen atoms in total. The van der Waals surface area contributed by atoms with E-state index in [1.807, 2.05) is 0 Å². The zero-order valence-corrected chi connectivity index (χ0v) is 12.9. The summed E-state index contributed by atoms with van der Waals surface area (Å²) in [4.78, 5) is 0. The molecular formula is C13H26N2O3S. The first-order valence-corrected chi connectivity index (χ1v) is 8.67. The summed E-state index contributed by atoms with van der Waals surface area (Å²) in [5.74, 6) is 0.545. The van der Waals surface area contributed by atoms with Crippen LogP contribution < -0.4 is 0 Å². The highest BCUT2D eigenvalue weighted by molar-refractivity contribution is 7.86. The van der Waals surface area contributed by atoms with Crippen LogP contribution in [0.3, 0.4) is 0 Å². The van der Waals surface area contributed by atoms with Gasteiger partial charge in [0.25, 0.3) is 10.2 Å². The standard InChI is InChI=1S/C13H26N2O3S/c1-14(10-12-6-3-4-7-12)19(16,17)15-9-5-8-13(15)11-18-2/h12-13H,3-11H2,1-2H3. The molecule has 0 radical (unpaired) electrons. The zero-order valence-electron chi connectivity index (χ0n) is 12.0. The average Bonchev–Trinajstić information content (AvgIpc) is 3.00. The van der Waals surface area contributed by atoms with Crippen LogP contribution in [0.15, 0.2) is 0 Å². The summed E-state index contributed by atoms with van der Waals surface area (Å²) in [5.41, 5.74) is 0. The van der Waals surface area contributed by atoms with Crippen LogP contribution in [0, 0.1) is 5.92 Å². The minimum atomic E-state index is -3.31. The second kappa shape index (κ2) is 6.52. The Morgan fingerprint density at radius 1 is 1.21 bits per heavy atom. The fourth-order valence-electron chi connectivity index (χ4n) is 3.30. The lowest BCUT2D eigenvalue weighted by Crippen LogP contribution is -2.46. The van der Waals surface area contributed by atoms with E-state index >= 15 is 0 Å². The monoisotopic (exact) mass is 290 g/mol. The lowest BCUT2D eigenvalue weighted by molar-refractivity contribution is 0.146. The van der Waals surface area contributed by atoms with E-state index in [0.29, 0.717) is 25.6 Å². The SMILES string of the molecule is COCC1CCCN1S(=O)(=O)N(C)CC1CCCC1. The fraction of sp³-hybridized carbons (Fsp3) is 1.00. The molecule has 2 rings (SSSR count). The molecule has 2 aliphatic rings. The predicted molar refractivity (Wildman–Crippen MR) is 75.1 cm³/mol. The second-order valence-corrected chi connectivity index (χ2v) is 7.79. The third-order valence-electron chi connectivity index (χ3n) is 4.36. The smallest absolute Gasteiger partial charge is 0.282 e. The van der Waals surface area contributed by atoms with Gasteiger partial charge >= 0.3 is 0 Å². The number of rotatable bonds is 6. The summed E-state index contributed by atoms with van der Waals surface area (Å²) in [6.07, 6.45) is 6.67. The van der Waals surface area contributed by atoms with Gasteiger partial charge in [0.05, 0.1) is 6.61 Å². The van der Waals surface area contributed by atoms with Crippen LogP contribution in [0.5, 0.6) is 0 Å². The molecule has 1 unspecified atom stereocenters. The quantitative estimate of drug-likeness (QED) is 0.744. The molecule has 1 saturated carbocycles. The van der Waals surface area contributed by atoms with Gasteiger partial charge in [0, 0.05) is 33.3 Å². The molecule has 1 heterocycles. The summed E-state index contributed by atoms with van der Waals surface area (Å²) in [7, 11) is 0.0375. The van der Waals surface area contributed by atoms with Gasteiger partial charge in [0.15, 0.2) is 0 Å². The summed E-state index contributed by atoms with van der Waals surface area (Å²) in [5, 5.41) is 0. The molecule has 2 fully saturated rings. The van der Waals surface area contributed by atoms with E-state index < -0.39 is 10.2 Å². The Labute approximate surface area is 117 Å². The van der Waals surface area contributed by atoms with Crippen LogP contribution in [-0.2, 0) is 14.9 Å². The first kappa shape index (κ1) is 15.2. The maximum Gasteiger partial charge on any atom is 0.282 e. The van der Waals surface area contributed by atoms with Crippen molar-refractivity contribution in [1.82, 2.24) is 8.61 Å². The van der Waals surface area contributed by atoms with E-state index in [2.05, 4.69) is 0 Å². The molecule has 1 aliphatic carbocycles. The Morgan fingerprint density at radius 3 is 2.53 bits per heavy atom. The van der Waals surface area contributed by atoms with E-state index in [0.717, 1.165) is 12.8 Å². The van der Waals surface area contributed by atoms with Crippen LogP contribution in [0.25, 0.3) is 0 Å². The Bertz CT molecular complexity index is 379. The van der Waals surface area contributed by atoms with E-state index in [4.69, 9.17) is 4.74 Å². The average molecular weight is 290 g/mol. The number of hydrogen-bond acceptors (Lipinski definition) is 3. The van der Waals surface area contributed by atoms with Crippen molar-refractivity contribution in [3.8, 4) is 0 Å². The van der Waals surface area contributed by atoms with Gasteiger partial charge < -0.3 is 4.74 Å². The van der Waals surface area contributed by atoms with Gasteiger partial charge in [-0.05, 0) is 31.6 Å². The Hall–Kier alpha value is -0.170. The van der Waals surface area contributed by atoms with Crippen molar-refractivity contribution in [3.05, 3.63) is 0 Å². The maximum absolute atomic E-state index is 12.6.